The Morgan fingerprint density at radius 3 is 2.61 bits per heavy atom. The van der Waals surface area contributed by atoms with Gasteiger partial charge in [0, 0.05) is 25.7 Å². The molecule has 1 N–H and O–H groups in total. The van der Waals surface area contributed by atoms with Gasteiger partial charge in [-0.15, -0.1) is 10.2 Å². The van der Waals surface area contributed by atoms with E-state index in [-0.39, 0.29) is 11.9 Å². The van der Waals surface area contributed by atoms with Crippen LogP contribution in [-0.2, 0) is 16.1 Å². The lowest BCUT2D eigenvalue weighted by Gasteiger charge is -2.27. The Morgan fingerprint density at radius 2 is 2.00 bits per heavy atom. The van der Waals surface area contributed by atoms with Gasteiger partial charge in [0.25, 0.3) is 0 Å². The molecule has 0 unspecified atom stereocenters. The van der Waals surface area contributed by atoms with E-state index in [2.05, 4.69) is 45.8 Å². The van der Waals surface area contributed by atoms with Crippen LogP contribution in [-0.4, -0.2) is 58.8 Å². The van der Waals surface area contributed by atoms with Gasteiger partial charge >= 0.3 is 0 Å². The fourth-order valence-electron chi connectivity index (χ4n) is 2.25. The quantitative estimate of drug-likeness (QED) is 0.756. The molecule has 1 fully saturated rings. The van der Waals surface area contributed by atoms with Crippen LogP contribution < -0.4 is 10.2 Å². The van der Waals surface area contributed by atoms with Gasteiger partial charge in [-0.05, 0) is 19.8 Å². The molecule has 1 saturated heterocycles. The highest BCUT2D eigenvalue weighted by atomic mass is 32.2. The summed E-state index contributed by atoms with van der Waals surface area (Å²) in [5, 5.41) is 12.4. The second-order valence-corrected chi connectivity index (χ2v) is 6.96. The van der Waals surface area contributed by atoms with Crippen molar-refractivity contribution in [3.05, 3.63) is 0 Å². The van der Waals surface area contributed by atoms with Crippen molar-refractivity contribution in [1.29, 1.82) is 0 Å². The number of amides is 1. The lowest BCUT2D eigenvalue weighted by Crippen LogP contribution is -2.38. The second kappa shape index (κ2) is 8.54. The van der Waals surface area contributed by atoms with Crippen molar-refractivity contribution in [1.82, 2.24) is 20.1 Å². The Kier molecular flexibility index (Phi) is 6.71. The van der Waals surface area contributed by atoms with E-state index in [1.54, 1.807) is 0 Å². The third-order valence-electron chi connectivity index (χ3n) is 4.03. The van der Waals surface area contributed by atoms with E-state index >= 15 is 0 Å². The van der Waals surface area contributed by atoms with E-state index in [9.17, 15) is 4.79 Å². The van der Waals surface area contributed by atoms with Gasteiger partial charge < -0.3 is 15.0 Å². The molecule has 23 heavy (non-hydrogen) atoms. The molecule has 0 saturated carbocycles. The Hall–Kier alpha value is -1.28. The minimum Gasteiger partial charge on any atom is -0.378 e. The topological polar surface area (TPSA) is 72.3 Å². The minimum atomic E-state index is 0.0368. The molecule has 1 aliphatic rings. The largest absolute Gasteiger partial charge is 0.378 e. The van der Waals surface area contributed by atoms with E-state index in [0.717, 1.165) is 30.7 Å². The molecule has 2 rings (SSSR count). The molecule has 1 aromatic rings. The highest BCUT2D eigenvalue weighted by Crippen LogP contribution is 2.22. The summed E-state index contributed by atoms with van der Waals surface area (Å²) in [4.78, 5) is 14.2. The molecule has 0 aromatic carbocycles. The van der Waals surface area contributed by atoms with E-state index in [0.29, 0.717) is 24.9 Å². The summed E-state index contributed by atoms with van der Waals surface area (Å²) in [6.45, 7) is 12.2. The average molecular weight is 341 g/mol. The number of anilines is 1. The first-order valence-electron chi connectivity index (χ1n) is 8.21. The van der Waals surface area contributed by atoms with Crippen LogP contribution in [0.2, 0.25) is 0 Å². The van der Waals surface area contributed by atoms with Crippen molar-refractivity contribution in [2.24, 2.45) is 5.92 Å². The number of carbonyl (C=O) groups is 1. The van der Waals surface area contributed by atoms with E-state index in [1.807, 2.05) is 6.92 Å². The monoisotopic (exact) mass is 341 g/mol. The number of morpholine rings is 1. The van der Waals surface area contributed by atoms with Gasteiger partial charge in [-0.3, -0.25) is 9.36 Å². The molecular formula is C15H27N5O2S. The smallest absolute Gasteiger partial charge is 0.230 e. The summed E-state index contributed by atoms with van der Waals surface area (Å²) >= 11 is 1.44. The molecule has 0 radical (unpaired) electrons. The summed E-state index contributed by atoms with van der Waals surface area (Å²) in [5.74, 6) is 1.69. The summed E-state index contributed by atoms with van der Waals surface area (Å²) in [7, 11) is 0. The first-order chi connectivity index (χ1) is 11.0. The van der Waals surface area contributed by atoms with Crippen LogP contribution in [0.3, 0.4) is 0 Å². The highest BCUT2D eigenvalue weighted by Gasteiger charge is 2.20. The number of hydrogen-bond donors (Lipinski definition) is 1. The third-order valence-corrected chi connectivity index (χ3v) is 5.00. The minimum absolute atomic E-state index is 0.0368. The van der Waals surface area contributed by atoms with Gasteiger partial charge in [-0.2, -0.15) is 0 Å². The third kappa shape index (κ3) is 4.84. The maximum atomic E-state index is 12.0. The number of carbonyl (C=O) groups excluding carboxylic acids is 1. The Labute approximate surface area is 142 Å². The van der Waals surface area contributed by atoms with Gasteiger partial charge in [0.15, 0.2) is 5.16 Å². The molecule has 0 spiro atoms. The molecule has 0 aliphatic carbocycles. The van der Waals surface area contributed by atoms with Crippen molar-refractivity contribution < 1.29 is 9.53 Å². The fourth-order valence-corrected chi connectivity index (χ4v) is 3.06. The van der Waals surface area contributed by atoms with Gasteiger partial charge in [-0.1, -0.05) is 25.6 Å². The summed E-state index contributed by atoms with van der Waals surface area (Å²) in [5.41, 5.74) is 0. The van der Waals surface area contributed by atoms with Crippen LogP contribution in [0, 0.1) is 5.92 Å². The lowest BCUT2D eigenvalue weighted by atomic mass is 10.1. The van der Waals surface area contributed by atoms with Gasteiger partial charge in [0.05, 0.1) is 19.0 Å². The lowest BCUT2D eigenvalue weighted by molar-refractivity contribution is -0.119. The number of thioether (sulfide) groups is 1. The number of ether oxygens (including phenoxy) is 1. The molecule has 1 aliphatic heterocycles. The van der Waals surface area contributed by atoms with Gasteiger partial charge in [0.2, 0.25) is 11.9 Å². The normalized spacial score (nSPS) is 16.7. The molecule has 1 amide bonds. The first kappa shape index (κ1) is 18.1. The Bertz CT molecular complexity index is 514. The molecular weight excluding hydrogens is 314 g/mol. The summed E-state index contributed by atoms with van der Waals surface area (Å²) < 4.78 is 7.44. The van der Waals surface area contributed by atoms with Crippen LogP contribution in [0.25, 0.3) is 0 Å². The van der Waals surface area contributed by atoms with Crippen molar-refractivity contribution in [2.75, 3.05) is 37.0 Å². The zero-order chi connectivity index (χ0) is 16.8. The van der Waals surface area contributed by atoms with E-state index in [4.69, 9.17) is 4.74 Å². The Morgan fingerprint density at radius 1 is 1.30 bits per heavy atom. The molecule has 8 heteroatoms. The van der Waals surface area contributed by atoms with Crippen LogP contribution in [0.15, 0.2) is 5.16 Å². The SMILES string of the molecule is CCn1c(SCC(=O)N[C@@H](C)C(C)C)nnc1N1CCOCC1. The van der Waals surface area contributed by atoms with Crippen LogP contribution in [0.1, 0.15) is 27.7 Å². The molecule has 130 valence electrons. The van der Waals surface area contributed by atoms with Gasteiger partial charge in [0.1, 0.15) is 0 Å². The number of aromatic nitrogens is 3. The number of hydrogen-bond acceptors (Lipinski definition) is 6. The zero-order valence-corrected chi connectivity index (χ0v) is 15.2. The first-order valence-corrected chi connectivity index (χ1v) is 9.19. The molecule has 0 bridgehead atoms. The number of nitrogens with zero attached hydrogens (tertiary/aromatic N) is 4. The van der Waals surface area contributed by atoms with Crippen molar-refractivity contribution in [3.63, 3.8) is 0 Å². The predicted octanol–water partition coefficient (Wildman–Crippen LogP) is 1.39. The van der Waals surface area contributed by atoms with Crippen molar-refractivity contribution in [2.45, 2.75) is 45.4 Å². The fraction of sp³-hybridized carbons (Fsp3) is 0.800. The molecule has 2 heterocycles. The van der Waals surface area contributed by atoms with Crippen LogP contribution in [0.4, 0.5) is 5.95 Å². The van der Waals surface area contributed by atoms with Crippen molar-refractivity contribution >= 4 is 23.6 Å². The highest BCUT2D eigenvalue weighted by molar-refractivity contribution is 7.99. The van der Waals surface area contributed by atoms with E-state index in [1.165, 1.54) is 11.8 Å². The van der Waals surface area contributed by atoms with Gasteiger partial charge in [-0.25, -0.2) is 0 Å². The standard InChI is InChI=1S/C15H27N5O2S/c1-5-20-14(19-6-8-22-9-7-19)17-18-15(20)23-10-13(21)16-12(4)11(2)3/h11-12H,5-10H2,1-4H3,(H,16,21)/t12-/m0/s1. The van der Waals surface area contributed by atoms with E-state index < -0.39 is 0 Å². The van der Waals surface area contributed by atoms with Crippen LogP contribution in [0.5, 0.6) is 0 Å². The summed E-state index contributed by atoms with van der Waals surface area (Å²) in [6.07, 6.45) is 0. The number of nitrogens with one attached hydrogen (secondary N) is 1. The molecule has 1 aromatic heterocycles. The second-order valence-electron chi connectivity index (χ2n) is 6.02. The maximum absolute atomic E-state index is 12.0. The Balaban J connectivity index is 1.95. The van der Waals surface area contributed by atoms with Crippen LogP contribution >= 0.6 is 11.8 Å². The molecule has 1 atom stereocenters. The van der Waals surface area contributed by atoms with Crippen molar-refractivity contribution in [3.8, 4) is 0 Å². The maximum Gasteiger partial charge on any atom is 0.230 e. The average Bonchev–Trinajstić information content (AvgIpc) is 2.96. The predicted molar refractivity (Wildman–Crippen MR) is 91.9 cm³/mol. The molecule has 7 nitrogen and oxygen atoms in total. The number of rotatable bonds is 7. The summed E-state index contributed by atoms with van der Waals surface area (Å²) in [6, 6.07) is 0.177. The zero-order valence-electron chi connectivity index (χ0n) is 14.4.